The summed E-state index contributed by atoms with van der Waals surface area (Å²) in [4.78, 5) is 0. The molecule has 2 aromatic carbocycles. The molecule has 0 bridgehead atoms. The van der Waals surface area contributed by atoms with Crippen molar-refractivity contribution in [2.75, 3.05) is 5.32 Å². The highest BCUT2D eigenvalue weighted by atomic mass is 35.5. The van der Waals surface area contributed by atoms with Crippen LogP contribution < -0.4 is 5.32 Å². The molecule has 2 nitrogen and oxygen atoms in total. The van der Waals surface area contributed by atoms with E-state index in [0.717, 1.165) is 0 Å². The van der Waals surface area contributed by atoms with Gasteiger partial charge in [0.05, 0.1) is 10.7 Å². The monoisotopic (exact) mass is 285 g/mol. The van der Waals surface area contributed by atoms with E-state index in [-0.39, 0.29) is 23.0 Å². The van der Waals surface area contributed by atoms with Gasteiger partial charge in [0.1, 0.15) is 5.75 Å². The van der Waals surface area contributed by atoms with E-state index in [1.807, 2.05) is 0 Å². The molecule has 2 aromatic rings. The second-order valence-corrected chi connectivity index (χ2v) is 4.51. The van der Waals surface area contributed by atoms with Gasteiger partial charge in [-0.1, -0.05) is 35.3 Å². The minimum Gasteiger partial charge on any atom is -0.508 e. The van der Waals surface area contributed by atoms with Crippen LogP contribution in [0.1, 0.15) is 5.56 Å². The summed E-state index contributed by atoms with van der Waals surface area (Å²) in [5.41, 5.74) is 0.778. The van der Waals surface area contributed by atoms with Crippen molar-refractivity contribution in [1.82, 2.24) is 0 Å². The molecule has 0 unspecified atom stereocenters. The number of aromatic hydroxyl groups is 1. The first kappa shape index (κ1) is 13.0. The Morgan fingerprint density at radius 2 is 1.72 bits per heavy atom. The van der Waals surface area contributed by atoms with Crippen LogP contribution in [0.25, 0.3) is 0 Å². The number of hydrogen-bond donors (Lipinski definition) is 2. The lowest BCUT2D eigenvalue weighted by molar-refractivity contribution is 0.469. The number of nitrogens with one attached hydrogen (secondary N) is 1. The number of benzene rings is 2. The lowest BCUT2D eigenvalue weighted by Gasteiger charge is -2.10. The third kappa shape index (κ3) is 2.68. The van der Waals surface area contributed by atoms with Crippen molar-refractivity contribution in [1.29, 1.82) is 0 Å². The molecule has 0 saturated heterocycles. The van der Waals surface area contributed by atoms with E-state index in [1.54, 1.807) is 24.3 Å². The molecule has 0 saturated carbocycles. The molecule has 0 aliphatic rings. The predicted octanol–water partition coefficient (Wildman–Crippen LogP) is 4.45. The van der Waals surface area contributed by atoms with Crippen molar-refractivity contribution < 1.29 is 9.50 Å². The molecule has 0 spiro atoms. The fourth-order valence-corrected chi connectivity index (χ4v) is 1.96. The minimum absolute atomic E-state index is 0.0448. The Balaban J connectivity index is 2.19. The Labute approximate surface area is 114 Å². The summed E-state index contributed by atoms with van der Waals surface area (Å²) in [6.07, 6.45) is 0. The number of rotatable bonds is 3. The van der Waals surface area contributed by atoms with Gasteiger partial charge in [0.15, 0.2) is 5.82 Å². The summed E-state index contributed by atoms with van der Waals surface area (Å²) in [5, 5.41) is 13.0. The van der Waals surface area contributed by atoms with Crippen molar-refractivity contribution >= 4 is 28.9 Å². The first-order chi connectivity index (χ1) is 8.59. The van der Waals surface area contributed by atoms with Crippen molar-refractivity contribution in [3.05, 3.63) is 57.8 Å². The van der Waals surface area contributed by atoms with Crippen LogP contribution in [0.2, 0.25) is 10.0 Å². The molecule has 0 amide bonds. The first-order valence-electron chi connectivity index (χ1n) is 5.24. The van der Waals surface area contributed by atoms with Crippen molar-refractivity contribution in [2.24, 2.45) is 0 Å². The van der Waals surface area contributed by atoms with Gasteiger partial charge in [-0.05, 0) is 24.3 Å². The van der Waals surface area contributed by atoms with Crippen LogP contribution in [-0.4, -0.2) is 5.11 Å². The summed E-state index contributed by atoms with van der Waals surface area (Å²) in [5.74, 6) is -0.455. The van der Waals surface area contributed by atoms with Crippen molar-refractivity contribution in [2.45, 2.75) is 6.54 Å². The van der Waals surface area contributed by atoms with Gasteiger partial charge in [-0.3, -0.25) is 0 Å². The van der Waals surface area contributed by atoms with Crippen LogP contribution in [0.4, 0.5) is 10.1 Å². The molecule has 0 atom stereocenters. The zero-order chi connectivity index (χ0) is 13.1. The fourth-order valence-electron chi connectivity index (χ4n) is 1.55. The Kier molecular flexibility index (Phi) is 3.94. The van der Waals surface area contributed by atoms with Crippen LogP contribution >= 0.6 is 23.2 Å². The summed E-state index contributed by atoms with van der Waals surface area (Å²) in [6.45, 7) is 0.211. The number of hydrogen-bond acceptors (Lipinski definition) is 2. The topological polar surface area (TPSA) is 32.3 Å². The number of phenolic OH excluding ortho intramolecular Hbond substituents is 1. The van der Waals surface area contributed by atoms with Crippen LogP contribution in [0.15, 0.2) is 36.4 Å². The van der Waals surface area contributed by atoms with Crippen molar-refractivity contribution in [3.63, 3.8) is 0 Å². The van der Waals surface area contributed by atoms with E-state index in [0.29, 0.717) is 10.6 Å². The third-order valence-corrected chi connectivity index (χ3v) is 3.15. The molecule has 2 N–H and O–H groups in total. The maximum absolute atomic E-state index is 13.6. The van der Waals surface area contributed by atoms with Gasteiger partial charge in [-0.15, -0.1) is 0 Å². The molecule has 0 fully saturated rings. The molecular weight excluding hydrogens is 276 g/mol. The zero-order valence-electron chi connectivity index (χ0n) is 9.25. The Hall–Kier alpha value is -1.45. The maximum Gasteiger partial charge on any atom is 0.164 e. The molecule has 94 valence electrons. The lowest BCUT2D eigenvalue weighted by atomic mass is 10.2. The Morgan fingerprint density at radius 1 is 1.06 bits per heavy atom. The molecule has 0 radical (unpaired) electrons. The second kappa shape index (κ2) is 5.46. The van der Waals surface area contributed by atoms with Gasteiger partial charge >= 0.3 is 0 Å². The molecule has 0 aliphatic carbocycles. The van der Waals surface area contributed by atoms with E-state index < -0.39 is 5.82 Å². The fraction of sp³-hybridized carbons (Fsp3) is 0.0769. The highest BCUT2D eigenvalue weighted by Gasteiger charge is 2.09. The van der Waals surface area contributed by atoms with E-state index in [4.69, 9.17) is 23.2 Å². The normalized spacial score (nSPS) is 10.4. The van der Waals surface area contributed by atoms with Crippen LogP contribution in [0.3, 0.4) is 0 Å². The van der Waals surface area contributed by atoms with E-state index >= 15 is 0 Å². The molecule has 2 rings (SSSR count). The van der Waals surface area contributed by atoms with Crippen LogP contribution in [0.5, 0.6) is 5.75 Å². The zero-order valence-corrected chi connectivity index (χ0v) is 10.8. The molecule has 5 heteroatoms. The number of halogens is 3. The van der Waals surface area contributed by atoms with Crippen LogP contribution in [0, 0.1) is 5.82 Å². The van der Waals surface area contributed by atoms with E-state index in [9.17, 15) is 9.50 Å². The molecule has 0 aromatic heterocycles. The SMILES string of the molecule is Oc1cccc(Cl)c1CNc1cccc(Cl)c1F. The number of anilines is 1. The largest absolute Gasteiger partial charge is 0.508 e. The maximum atomic E-state index is 13.6. The van der Waals surface area contributed by atoms with Crippen LogP contribution in [-0.2, 0) is 6.54 Å². The predicted molar refractivity (Wildman–Crippen MR) is 71.9 cm³/mol. The Bertz CT molecular complexity index is 555. The Morgan fingerprint density at radius 3 is 2.44 bits per heavy atom. The summed E-state index contributed by atoms with van der Waals surface area (Å²) in [7, 11) is 0. The third-order valence-electron chi connectivity index (χ3n) is 2.50. The average Bonchev–Trinajstić information content (AvgIpc) is 2.33. The highest BCUT2D eigenvalue weighted by molar-refractivity contribution is 6.31. The summed E-state index contributed by atoms with van der Waals surface area (Å²) in [6, 6.07) is 9.50. The molecule has 0 heterocycles. The molecule has 0 aliphatic heterocycles. The van der Waals surface area contributed by atoms with E-state index in [2.05, 4.69) is 5.32 Å². The van der Waals surface area contributed by atoms with Crippen molar-refractivity contribution in [3.8, 4) is 5.75 Å². The second-order valence-electron chi connectivity index (χ2n) is 3.69. The highest BCUT2D eigenvalue weighted by Crippen LogP contribution is 2.27. The van der Waals surface area contributed by atoms with Gasteiger partial charge in [0, 0.05) is 17.1 Å². The quantitative estimate of drug-likeness (QED) is 0.873. The standard InChI is InChI=1S/C13H10Cl2FNO/c14-9-3-2-6-12(18)8(9)7-17-11-5-1-4-10(15)13(11)16/h1-6,17-18H,7H2. The minimum atomic E-state index is -0.522. The first-order valence-corrected chi connectivity index (χ1v) is 5.99. The van der Waals surface area contributed by atoms with Gasteiger partial charge in [-0.2, -0.15) is 0 Å². The summed E-state index contributed by atoms with van der Waals surface area (Å²) >= 11 is 11.6. The lowest BCUT2D eigenvalue weighted by Crippen LogP contribution is -2.02. The summed E-state index contributed by atoms with van der Waals surface area (Å²) < 4.78 is 13.6. The van der Waals surface area contributed by atoms with Gasteiger partial charge in [0.25, 0.3) is 0 Å². The van der Waals surface area contributed by atoms with Gasteiger partial charge in [0.2, 0.25) is 0 Å². The number of phenols is 1. The molecular formula is C13H10Cl2FNO. The van der Waals surface area contributed by atoms with E-state index in [1.165, 1.54) is 12.1 Å². The smallest absolute Gasteiger partial charge is 0.164 e. The average molecular weight is 286 g/mol. The molecule has 18 heavy (non-hydrogen) atoms. The van der Waals surface area contributed by atoms with Gasteiger partial charge in [-0.25, -0.2) is 4.39 Å². The van der Waals surface area contributed by atoms with Gasteiger partial charge < -0.3 is 10.4 Å².